The number of aliphatic hydroxyl groups is 1. The minimum Gasteiger partial charge on any atom is -0.398 e. The van der Waals surface area contributed by atoms with Gasteiger partial charge in [-0.2, -0.15) is 9.57 Å². The first-order valence-corrected chi connectivity index (χ1v) is 7.45. The summed E-state index contributed by atoms with van der Waals surface area (Å²) >= 11 is 0. The van der Waals surface area contributed by atoms with Gasteiger partial charge in [-0.25, -0.2) is 8.42 Å². The van der Waals surface area contributed by atoms with Crippen LogP contribution in [0.3, 0.4) is 0 Å². The molecule has 1 atom stereocenters. The molecule has 0 radical (unpaired) electrons. The summed E-state index contributed by atoms with van der Waals surface area (Å²) in [5, 5.41) is 17.8. The lowest BCUT2D eigenvalue weighted by Gasteiger charge is -2.31. The van der Waals surface area contributed by atoms with Gasteiger partial charge in [0, 0.05) is 13.1 Å². The highest BCUT2D eigenvalue weighted by atomic mass is 32.2. The number of hydrogen-bond acceptors (Lipinski definition) is 6. The van der Waals surface area contributed by atoms with E-state index in [1.807, 2.05) is 6.07 Å². The minimum atomic E-state index is -3.75. The monoisotopic (exact) mass is 297 g/mol. The molecule has 0 aromatic heterocycles. The lowest BCUT2D eigenvalue weighted by atomic mass is 10.2. The summed E-state index contributed by atoms with van der Waals surface area (Å²) in [4.78, 5) is -0.0323. The van der Waals surface area contributed by atoms with Crippen molar-refractivity contribution in [3.8, 4) is 6.07 Å². The van der Waals surface area contributed by atoms with E-state index in [0.717, 1.165) is 0 Å². The lowest BCUT2D eigenvalue weighted by Crippen LogP contribution is -2.46. The van der Waals surface area contributed by atoms with E-state index in [0.29, 0.717) is 5.56 Å². The standard InChI is InChI=1S/C12H15N3O4S/c13-6-9-1-2-12(11(14)5-9)20(17,18)15-3-4-19-10(7-15)8-16/h1-2,5,10,16H,3-4,7-8,14H2. The summed E-state index contributed by atoms with van der Waals surface area (Å²) < 4.78 is 31.4. The third-order valence-corrected chi connectivity index (χ3v) is 5.00. The molecule has 7 nitrogen and oxygen atoms in total. The van der Waals surface area contributed by atoms with Crippen LogP contribution in [0.2, 0.25) is 0 Å². The Bertz CT molecular complexity index is 639. The molecule has 3 N–H and O–H groups in total. The van der Waals surface area contributed by atoms with Gasteiger partial charge in [-0.1, -0.05) is 0 Å². The third kappa shape index (κ3) is 2.76. The van der Waals surface area contributed by atoms with E-state index in [9.17, 15) is 8.42 Å². The van der Waals surface area contributed by atoms with E-state index >= 15 is 0 Å². The van der Waals surface area contributed by atoms with Gasteiger partial charge in [-0.3, -0.25) is 0 Å². The average Bonchev–Trinajstić information content (AvgIpc) is 2.46. The molecule has 0 bridgehead atoms. The Balaban J connectivity index is 2.33. The largest absolute Gasteiger partial charge is 0.398 e. The molecular weight excluding hydrogens is 282 g/mol. The number of morpholine rings is 1. The number of benzene rings is 1. The summed E-state index contributed by atoms with van der Waals surface area (Å²) in [6.07, 6.45) is -0.530. The Kier molecular flexibility index (Phi) is 4.25. The number of ether oxygens (including phenoxy) is 1. The molecule has 1 heterocycles. The van der Waals surface area contributed by atoms with Crippen LogP contribution in [0.5, 0.6) is 0 Å². The maximum atomic E-state index is 12.5. The maximum Gasteiger partial charge on any atom is 0.245 e. The number of nitrogens with zero attached hydrogens (tertiary/aromatic N) is 2. The van der Waals surface area contributed by atoms with Gasteiger partial charge in [0.05, 0.1) is 36.6 Å². The number of nitriles is 1. The second-order valence-electron chi connectivity index (χ2n) is 4.40. The van der Waals surface area contributed by atoms with Gasteiger partial charge in [0.1, 0.15) is 4.90 Å². The van der Waals surface area contributed by atoms with Crippen molar-refractivity contribution in [2.24, 2.45) is 0 Å². The number of sulfonamides is 1. The molecular formula is C12H15N3O4S. The first kappa shape index (κ1) is 14.7. The van der Waals surface area contributed by atoms with Crippen LogP contribution in [0.25, 0.3) is 0 Å². The molecule has 2 rings (SSSR count). The van der Waals surface area contributed by atoms with E-state index in [4.69, 9.17) is 20.8 Å². The minimum absolute atomic E-state index is 0.0323. The summed E-state index contributed by atoms with van der Waals surface area (Å²) in [5.41, 5.74) is 6.06. The van der Waals surface area contributed by atoms with Gasteiger partial charge < -0.3 is 15.6 Å². The van der Waals surface area contributed by atoms with Gasteiger partial charge in [-0.15, -0.1) is 0 Å². The first-order valence-electron chi connectivity index (χ1n) is 6.01. The Labute approximate surface area is 117 Å². The van der Waals surface area contributed by atoms with Crippen molar-refractivity contribution in [3.63, 3.8) is 0 Å². The molecule has 1 aliphatic heterocycles. The van der Waals surface area contributed by atoms with E-state index in [2.05, 4.69) is 0 Å². The molecule has 1 unspecified atom stereocenters. The molecule has 1 aromatic rings. The smallest absolute Gasteiger partial charge is 0.245 e. The number of aliphatic hydroxyl groups excluding tert-OH is 1. The molecule has 1 aromatic carbocycles. The molecule has 1 aliphatic rings. The fraction of sp³-hybridized carbons (Fsp3) is 0.417. The van der Waals surface area contributed by atoms with E-state index < -0.39 is 16.1 Å². The molecule has 20 heavy (non-hydrogen) atoms. The molecule has 0 saturated carbocycles. The SMILES string of the molecule is N#Cc1ccc(S(=O)(=O)N2CCOC(CO)C2)c(N)c1. The zero-order valence-corrected chi connectivity index (χ0v) is 11.5. The fourth-order valence-electron chi connectivity index (χ4n) is 2.01. The molecule has 1 fully saturated rings. The summed E-state index contributed by atoms with van der Waals surface area (Å²) in [5.74, 6) is 0. The summed E-state index contributed by atoms with van der Waals surface area (Å²) in [7, 11) is -3.75. The molecule has 108 valence electrons. The van der Waals surface area contributed by atoms with Crippen molar-refractivity contribution in [2.75, 3.05) is 32.0 Å². The topological polar surface area (TPSA) is 117 Å². The van der Waals surface area contributed by atoms with Gasteiger partial charge in [0.25, 0.3) is 0 Å². The van der Waals surface area contributed by atoms with Crippen LogP contribution in [0.4, 0.5) is 5.69 Å². The van der Waals surface area contributed by atoms with Crippen molar-refractivity contribution >= 4 is 15.7 Å². The van der Waals surface area contributed by atoms with Crippen molar-refractivity contribution < 1.29 is 18.3 Å². The quantitative estimate of drug-likeness (QED) is 0.728. The third-order valence-electron chi connectivity index (χ3n) is 3.06. The van der Waals surface area contributed by atoms with Crippen molar-refractivity contribution in [1.29, 1.82) is 5.26 Å². The number of rotatable bonds is 3. The average molecular weight is 297 g/mol. The van der Waals surface area contributed by atoms with Crippen LogP contribution < -0.4 is 5.73 Å². The Morgan fingerprint density at radius 3 is 2.90 bits per heavy atom. The van der Waals surface area contributed by atoms with Crippen LogP contribution in [0, 0.1) is 11.3 Å². The normalized spacial score (nSPS) is 20.5. The Hall–Kier alpha value is -1.66. The van der Waals surface area contributed by atoms with Crippen LogP contribution >= 0.6 is 0 Å². The number of nitrogen functional groups attached to an aromatic ring is 1. The van der Waals surface area contributed by atoms with E-state index in [1.165, 1.54) is 22.5 Å². The predicted molar refractivity (Wildman–Crippen MR) is 71.2 cm³/mol. The zero-order valence-electron chi connectivity index (χ0n) is 10.7. The van der Waals surface area contributed by atoms with Gasteiger partial charge in [0.15, 0.2) is 0 Å². The summed E-state index contributed by atoms with van der Waals surface area (Å²) in [6, 6.07) is 5.97. The van der Waals surface area contributed by atoms with Crippen LogP contribution in [0.1, 0.15) is 5.56 Å². The molecule has 8 heteroatoms. The molecule has 1 saturated heterocycles. The Morgan fingerprint density at radius 2 is 2.30 bits per heavy atom. The molecule has 0 amide bonds. The van der Waals surface area contributed by atoms with Gasteiger partial charge >= 0.3 is 0 Å². The van der Waals surface area contributed by atoms with Crippen molar-refractivity contribution in [2.45, 2.75) is 11.0 Å². The predicted octanol–water partition coefficient (Wildman–Crippen LogP) is -0.478. The lowest BCUT2D eigenvalue weighted by molar-refractivity contribution is -0.0304. The number of hydrogen-bond donors (Lipinski definition) is 2. The van der Waals surface area contributed by atoms with Crippen LogP contribution in [-0.4, -0.2) is 50.2 Å². The molecule has 0 spiro atoms. The zero-order chi connectivity index (χ0) is 14.8. The van der Waals surface area contributed by atoms with Gasteiger partial charge in [-0.05, 0) is 18.2 Å². The second kappa shape index (κ2) is 5.76. The first-order chi connectivity index (χ1) is 9.48. The highest BCUT2D eigenvalue weighted by Gasteiger charge is 2.31. The highest BCUT2D eigenvalue weighted by molar-refractivity contribution is 7.89. The molecule has 0 aliphatic carbocycles. The van der Waals surface area contributed by atoms with E-state index in [-0.39, 0.29) is 36.9 Å². The maximum absolute atomic E-state index is 12.5. The van der Waals surface area contributed by atoms with Crippen molar-refractivity contribution in [3.05, 3.63) is 23.8 Å². The second-order valence-corrected chi connectivity index (χ2v) is 6.31. The van der Waals surface area contributed by atoms with Crippen molar-refractivity contribution in [1.82, 2.24) is 4.31 Å². The fourth-order valence-corrected chi connectivity index (χ4v) is 3.57. The highest BCUT2D eigenvalue weighted by Crippen LogP contribution is 2.24. The number of nitrogens with two attached hydrogens (primary N) is 1. The van der Waals surface area contributed by atoms with Gasteiger partial charge in [0.2, 0.25) is 10.0 Å². The van der Waals surface area contributed by atoms with Crippen LogP contribution in [0.15, 0.2) is 23.1 Å². The van der Waals surface area contributed by atoms with E-state index in [1.54, 1.807) is 0 Å². The summed E-state index contributed by atoms with van der Waals surface area (Å²) in [6.45, 7) is 0.270. The van der Waals surface area contributed by atoms with Crippen LogP contribution in [-0.2, 0) is 14.8 Å². The number of anilines is 1. The Morgan fingerprint density at radius 1 is 1.55 bits per heavy atom.